The number of carbonyl (C=O) groups excluding carboxylic acids is 1. The molecule has 0 saturated heterocycles. The minimum atomic E-state index is -3.93. The molecule has 0 saturated carbocycles. The maximum Gasteiger partial charge on any atom is 0.264 e. The van der Waals surface area contributed by atoms with Crippen molar-refractivity contribution in [1.29, 1.82) is 0 Å². The van der Waals surface area contributed by atoms with Gasteiger partial charge in [0.15, 0.2) is 0 Å². The molecular weight excluding hydrogens is 361 g/mol. The summed E-state index contributed by atoms with van der Waals surface area (Å²) in [6.07, 6.45) is 16.9. The van der Waals surface area contributed by atoms with E-state index in [0.29, 0.717) is 24.8 Å². The van der Waals surface area contributed by atoms with E-state index in [1.165, 1.54) is 57.8 Å². The molecule has 0 aliphatic carbocycles. The van der Waals surface area contributed by atoms with E-state index < -0.39 is 16.0 Å². The summed E-state index contributed by atoms with van der Waals surface area (Å²) in [5, 5.41) is 0. The summed E-state index contributed by atoms with van der Waals surface area (Å²) < 4.78 is 29.9. The van der Waals surface area contributed by atoms with Gasteiger partial charge < -0.3 is 5.73 Å². The van der Waals surface area contributed by atoms with Gasteiger partial charge in [0.05, 0.1) is 5.75 Å². The van der Waals surface area contributed by atoms with Crippen molar-refractivity contribution in [2.45, 2.75) is 96.8 Å². The molecule has 0 atom stereocenters. The van der Waals surface area contributed by atoms with Crippen molar-refractivity contribution in [1.82, 2.24) is 0 Å². The number of allylic oxidation sites excluding steroid dienone is 1. The third kappa shape index (κ3) is 20.4. The Kier molecular flexibility index (Phi) is 20.1. The van der Waals surface area contributed by atoms with Crippen LogP contribution in [0.15, 0.2) is 11.6 Å². The molecule has 26 heavy (non-hydrogen) atoms. The van der Waals surface area contributed by atoms with Crippen molar-refractivity contribution in [3.63, 3.8) is 0 Å². The van der Waals surface area contributed by atoms with Crippen LogP contribution < -0.4 is 5.73 Å². The van der Waals surface area contributed by atoms with E-state index >= 15 is 0 Å². The van der Waals surface area contributed by atoms with Crippen molar-refractivity contribution in [3.05, 3.63) is 11.6 Å². The molecular formula is C19H37NNaO4S. The molecule has 0 spiro atoms. The molecule has 0 aromatic carbocycles. The third-order valence-electron chi connectivity index (χ3n) is 4.36. The first-order valence-corrected chi connectivity index (χ1v) is 11.4. The van der Waals surface area contributed by atoms with Gasteiger partial charge in [-0.15, -0.1) is 0 Å². The second-order valence-corrected chi connectivity index (χ2v) is 8.38. The van der Waals surface area contributed by atoms with Crippen LogP contribution in [-0.4, -0.2) is 54.2 Å². The Balaban J connectivity index is 0. The Morgan fingerprint density at radius 3 is 1.77 bits per heavy atom. The summed E-state index contributed by atoms with van der Waals surface area (Å²) in [6.45, 7) is 2.23. The fourth-order valence-corrected chi connectivity index (χ4v) is 3.38. The Bertz CT molecular complexity index is 478. The molecule has 0 rings (SSSR count). The minimum Gasteiger partial charge on any atom is -0.366 e. The van der Waals surface area contributed by atoms with Crippen LogP contribution in [0.1, 0.15) is 96.8 Å². The van der Waals surface area contributed by atoms with Gasteiger partial charge in [0.1, 0.15) is 0 Å². The van der Waals surface area contributed by atoms with Gasteiger partial charge in [0.25, 0.3) is 10.1 Å². The summed E-state index contributed by atoms with van der Waals surface area (Å²) in [5.74, 6) is -0.715. The van der Waals surface area contributed by atoms with Crippen LogP contribution in [0.3, 0.4) is 0 Å². The van der Waals surface area contributed by atoms with Crippen LogP contribution in [0.25, 0.3) is 0 Å². The average molecular weight is 399 g/mol. The van der Waals surface area contributed by atoms with E-state index in [9.17, 15) is 13.2 Å². The molecule has 5 nitrogen and oxygen atoms in total. The summed E-state index contributed by atoms with van der Waals surface area (Å²) in [6, 6.07) is 0. The zero-order chi connectivity index (χ0) is 19.0. The normalized spacial score (nSPS) is 12.0. The Morgan fingerprint density at radius 2 is 1.35 bits per heavy atom. The molecule has 0 aliphatic rings. The van der Waals surface area contributed by atoms with Crippen LogP contribution in [-0.2, 0) is 14.9 Å². The van der Waals surface area contributed by atoms with Crippen molar-refractivity contribution >= 4 is 45.6 Å². The van der Waals surface area contributed by atoms with Crippen molar-refractivity contribution in [3.8, 4) is 0 Å². The molecule has 0 aliphatic heterocycles. The monoisotopic (exact) mass is 398 g/mol. The van der Waals surface area contributed by atoms with Gasteiger partial charge in [-0.3, -0.25) is 9.35 Å². The molecule has 0 heterocycles. The van der Waals surface area contributed by atoms with E-state index in [4.69, 9.17) is 10.3 Å². The first kappa shape index (κ1) is 28.3. The SMILES string of the molecule is CCCCCCCCCCCCCC(=CCCCS(=O)(=O)O)C(N)=O.[Na]. The van der Waals surface area contributed by atoms with Crippen molar-refractivity contribution in [2.24, 2.45) is 5.73 Å². The van der Waals surface area contributed by atoms with Crippen LogP contribution in [0.2, 0.25) is 0 Å². The van der Waals surface area contributed by atoms with E-state index in [-0.39, 0.29) is 35.3 Å². The predicted octanol–water partition coefficient (Wildman–Crippen LogP) is 4.39. The molecule has 1 amide bonds. The maximum atomic E-state index is 11.4. The smallest absolute Gasteiger partial charge is 0.264 e. The molecule has 0 fully saturated rings. The van der Waals surface area contributed by atoms with Crippen LogP contribution in [0.5, 0.6) is 0 Å². The van der Waals surface area contributed by atoms with Crippen LogP contribution in [0.4, 0.5) is 0 Å². The zero-order valence-corrected chi connectivity index (χ0v) is 19.7. The average Bonchev–Trinajstić information content (AvgIpc) is 2.53. The molecule has 0 unspecified atom stereocenters. The van der Waals surface area contributed by atoms with Crippen LogP contribution >= 0.6 is 0 Å². The number of primary amides is 1. The summed E-state index contributed by atoms with van der Waals surface area (Å²) in [4.78, 5) is 11.4. The summed E-state index contributed by atoms with van der Waals surface area (Å²) in [5.41, 5.74) is 5.94. The molecule has 1 radical (unpaired) electrons. The molecule has 0 aromatic rings. The first-order chi connectivity index (χ1) is 11.9. The largest absolute Gasteiger partial charge is 0.366 e. The second-order valence-electron chi connectivity index (χ2n) is 6.81. The number of amides is 1. The molecule has 3 N–H and O–H groups in total. The number of carbonyl (C=O) groups is 1. The summed E-state index contributed by atoms with van der Waals surface area (Å²) in [7, 11) is -3.93. The molecule has 0 aromatic heterocycles. The fraction of sp³-hybridized carbons (Fsp3) is 0.842. The quantitative estimate of drug-likeness (QED) is 0.164. The Hall–Kier alpha value is 0.120. The molecule has 0 bridgehead atoms. The zero-order valence-electron chi connectivity index (χ0n) is 16.8. The number of hydrogen-bond donors (Lipinski definition) is 2. The van der Waals surface area contributed by atoms with Crippen molar-refractivity contribution < 1.29 is 17.8 Å². The maximum absolute atomic E-state index is 11.4. The van der Waals surface area contributed by atoms with E-state index in [2.05, 4.69) is 6.92 Å². The molecule has 149 valence electrons. The Morgan fingerprint density at radius 1 is 0.885 bits per heavy atom. The van der Waals surface area contributed by atoms with Crippen LogP contribution in [0, 0.1) is 0 Å². The number of unbranched alkanes of at least 4 members (excludes halogenated alkanes) is 11. The van der Waals surface area contributed by atoms with Gasteiger partial charge in [-0.1, -0.05) is 77.2 Å². The Labute approximate surface area is 182 Å². The third-order valence-corrected chi connectivity index (χ3v) is 5.17. The summed E-state index contributed by atoms with van der Waals surface area (Å²) >= 11 is 0. The topological polar surface area (TPSA) is 97.5 Å². The van der Waals surface area contributed by atoms with Gasteiger partial charge >= 0.3 is 0 Å². The van der Waals surface area contributed by atoms with E-state index in [1.54, 1.807) is 6.08 Å². The number of hydrogen-bond acceptors (Lipinski definition) is 3. The standard InChI is InChI=1S/C19H37NO4S.Na/c1-2-3-4-5-6-7-8-9-10-11-12-15-18(19(20)21)16-13-14-17-25(22,23)24;/h16H,2-15,17H2,1H3,(H2,20,21)(H,22,23,24);. The van der Waals surface area contributed by atoms with Gasteiger partial charge in [0.2, 0.25) is 5.91 Å². The van der Waals surface area contributed by atoms with Gasteiger partial charge in [0, 0.05) is 35.1 Å². The molecule has 7 heteroatoms. The number of nitrogens with two attached hydrogens (primary N) is 1. The second kappa shape index (κ2) is 18.5. The predicted molar refractivity (Wildman–Crippen MR) is 110 cm³/mol. The van der Waals surface area contributed by atoms with E-state index in [1.807, 2.05) is 0 Å². The van der Waals surface area contributed by atoms with Gasteiger partial charge in [-0.25, -0.2) is 0 Å². The van der Waals surface area contributed by atoms with Gasteiger partial charge in [-0.2, -0.15) is 8.42 Å². The van der Waals surface area contributed by atoms with E-state index in [0.717, 1.165) is 12.8 Å². The van der Waals surface area contributed by atoms with Crippen molar-refractivity contribution in [2.75, 3.05) is 5.75 Å². The first-order valence-electron chi connectivity index (χ1n) is 9.80. The number of rotatable bonds is 17. The fourth-order valence-electron chi connectivity index (χ4n) is 2.85. The van der Waals surface area contributed by atoms with Gasteiger partial charge in [-0.05, 0) is 25.7 Å². The minimum absolute atomic E-state index is 0.